The lowest BCUT2D eigenvalue weighted by Crippen LogP contribution is -2.48. The molecule has 0 bridgehead atoms. The van der Waals surface area contributed by atoms with Crippen molar-refractivity contribution in [1.29, 1.82) is 5.26 Å². The maximum absolute atomic E-state index is 13.9. The number of imidazole rings is 1. The molecule has 186 valence electrons. The van der Waals surface area contributed by atoms with Gasteiger partial charge in [-0.25, -0.2) is 4.98 Å². The third-order valence-electron chi connectivity index (χ3n) is 6.50. The summed E-state index contributed by atoms with van der Waals surface area (Å²) in [6.45, 7) is 1.73. The van der Waals surface area contributed by atoms with Gasteiger partial charge in [0, 0.05) is 11.7 Å². The van der Waals surface area contributed by atoms with Crippen LogP contribution in [0.5, 0.6) is 0 Å². The fourth-order valence-corrected chi connectivity index (χ4v) is 4.96. The van der Waals surface area contributed by atoms with Crippen molar-refractivity contribution in [1.82, 2.24) is 14.9 Å². The van der Waals surface area contributed by atoms with Gasteiger partial charge in [-0.1, -0.05) is 72.8 Å². The lowest BCUT2D eigenvalue weighted by molar-refractivity contribution is -0.127. The molecule has 0 aliphatic heterocycles. The number of benzene rings is 2. The van der Waals surface area contributed by atoms with Gasteiger partial charge in [0.1, 0.15) is 17.7 Å². The van der Waals surface area contributed by atoms with Gasteiger partial charge in [0.2, 0.25) is 11.8 Å². The highest BCUT2D eigenvalue weighted by molar-refractivity contribution is 6.40. The fourth-order valence-electron chi connectivity index (χ4n) is 4.66. The second kappa shape index (κ2) is 11.6. The Labute approximate surface area is 220 Å². The van der Waals surface area contributed by atoms with Crippen molar-refractivity contribution in [2.45, 2.75) is 57.7 Å². The van der Waals surface area contributed by atoms with Crippen LogP contribution in [0.2, 0.25) is 10.3 Å². The minimum absolute atomic E-state index is 0.0575. The number of nitrogens with one attached hydrogen (secondary N) is 1. The van der Waals surface area contributed by atoms with Crippen molar-refractivity contribution in [2.75, 3.05) is 4.90 Å². The molecule has 1 saturated carbocycles. The van der Waals surface area contributed by atoms with Gasteiger partial charge in [0.05, 0.1) is 18.0 Å². The van der Waals surface area contributed by atoms with Crippen LogP contribution in [0.3, 0.4) is 0 Å². The number of amides is 2. The Morgan fingerprint density at radius 2 is 1.92 bits per heavy atom. The van der Waals surface area contributed by atoms with Crippen molar-refractivity contribution in [3.8, 4) is 6.07 Å². The average Bonchev–Trinajstić information content (AvgIpc) is 3.20. The second-order valence-electron chi connectivity index (χ2n) is 8.98. The molecule has 1 aromatic heterocycles. The number of nitriles is 1. The van der Waals surface area contributed by atoms with E-state index < -0.39 is 11.9 Å². The number of anilines is 1. The first-order valence-corrected chi connectivity index (χ1v) is 12.7. The molecule has 2 aromatic carbocycles. The lowest BCUT2D eigenvalue weighted by atomic mass is 9.93. The minimum atomic E-state index is -0.952. The molecule has 1 unspecified atom stereocenters. The largest absolute Gasteiger partial charge is 0.351 e. The number of rotatable bonds is 7. The minimum Gasteiger partial charge on any atom is -0.351 e. The van der Waals surface area contributed by atoms with Crippen LogP contribution in [-0.2, 0) is 16.1 Å². The third-order valence-corrected chi connectivity index (χ3v) is 7.27. The Kier molecular flexibility index (Phi) is 8.29. The topological polar surface area (TPSA) is 91.0 Å². The van der Waals surface area contributed by atoms with Gasteiger partial charge in [-0.15, -0.1) is 0 Å². The summed E-state index contributed by atoms with van der Waals surface area (Å²) < 4.78 is 1.43. The molecule has 2 amide bonds. The smallest absolute Gasteiger partial charge is 0.248 e. The number of carbonyl (C=O) groups excluding carboxylic acids is 2. The van der Waals surface area contributed by atoms with Crippen LogP contribution in [0.15, 0.2) is 54.9 Å². The summed E-state index contributed by atoms with van der Waals surface area (Å²) in [7, 11) is 0. The molecular weight excluding hydrogens is 497 g/mol. The zero-order chi connectivity index (χ0) is 25.7. The van der Waals surface area contributed by atoms with E-state index in [9.17, 15) is 14.9 Å². The summed E-state index contributed by atoms with van der Waals surface area (Å²) in [5.74, 6) is -0.658. The molecule has 0 spiro atoms. The molecule has 1 aliphatic carbocycles. The zero-order valence-corrected chi connectivity index (χ0v) is 21.5. The first-order chi connectivity index (χ1) is 17.4. The molecule has 9 heteroatoms. The Morgan fingerprint density at radius 3 is 2.58 bits per heavy atom. The predicted octanol–water partition coefficient (Wildman–Crippen LogP) is 5.59. The van der Waals surface area contributed by atoms with Crippen molar-refractivity contribution < 1.29 is 9.59 Å². The molecular formula is C27H27Cl2N5O2. The third kappa shape index (κ3) is 5.72. The molecule has 0 saturated heterocycles. The van der Waals surface area contributed by atoms with Crippen LogP contribution >= 0.6 is 23.2 Å². The summed E-state index contributed by atoms with van der Waals surface area (Å²) in [5.41, 5.74) is 2.40. The Hall–Kier alpha value is -3.34. The molecule has 3 aromatic rings. The van der Waals surface area contributed by atoms with E-state index in [1.165, 1.54) is 15.8 Å². The number of aromatic nitrogens is 2. The van der Waals surface area contributed by atoms with Crippen molar-refractivity contribution >= 4 is 40.7 Å². The van der Waals surface area contributed by atoms with Gasteiger partial charge in [-0.2, -0.15) is 5.26 Å². The number of halogens is 2. The lowest BCUT2D eigenvalue weighted by Gasteiger charge is -2.34. The fraction of sp³-hybridized carbons (Fsp3) is 0.333. The van der Waals surface area contributed by atoms with Crippen LogP contribution in [0, 0.1) is 18.3 Å². The Morgan fingerprint density at radius 1 is 1.17 bits per heavy atom. The monoisotopic (exact) mass is 523 g/mol. The van der Waals surface area contributed by atoms with E-state index in [-0.39, 0.29) is 28.8 Å². The van der Waals surface area contributed by atoms with E-state index in [2.05, 4.69) is 16.4 Å². The van der Waals surface area contributed by atoms with E-state index in [0.29, 0.717) is 16.8 Å². The van der Waals surface area contributed by atoms with Crippen LogP contribution in [-0.4, -0.2) is 27.4 Å². The molecule has 1 fully saturated rings. The van der Waals surface area contributed by atoms with Gasteiger partial charge in [-0.3, -0.25) is 14.5 Å². The molecule has 1 N–H and O–H groups in total. The summed E-state index contributed by atoms with van der Waals surface area (Å²) in [5, 5.41) is 12.9. The van der Waals surface area contributed by atoms with E-state index in [4.69, 9.17) is 23.2 Å². The molecule has 1 aliphatic rings. The SMILES string of the molecule is Cc1ccccc1C(C(=O)NC1CCCCC1)N(C(=O)Cn1cnc(Cl)c1Cl)c1cccc(C#N)c1. The maximum atomic E-state index is 13.9. The molecule has 1 heterocycles. The average molecular weight is 524 g/mol. The predicted molar refractivity (Wildman–Crippen MR) is 140 cm³/mol. The molecule has 7 nitrogen and oxygen atoms in total. The van der Waals surface area contributed by atoms with E-state index in [1.54, 1.807) is 24.3 Å². The summed E-state index contributed by atoms with van der Waals surface area (Å²) in [4.78, 5) is 33.2. The van der Waals surface area contributed by atoms with Crippen LogP contribution < -0.4 is 10.2 Å². The molecule has 4 rings (SSSR count). The van der Waals surface area contributed by atoms with Gasteiger partial charge >= 0.3 is 0 Å². The highest BCUT2D eigenvalue weighted by atomic mass is 35.5. The molecule has 1 atom stereocenters. The van der Waals surface area contributed by atoms with Crippen LogP contribution in [0.25, 0.3) is 0 Å². The standard InChI is InChI=1S/C27H27Cl2N5O2/c1-18-8-5-6-13-22(18)24(27(36)32-20-10-3-2-4-11-20)34(21-12-7-9-19(14-21)15-30)23(35)16-33-17-31-25(28)26(33)29/h5-9,12-14,17,20,24H,2-4,10-11,16H2,1H3,(H,32,36). The Bertz CT molecular complexity index is 1290. The number of hydrogen-bond donors (Lipinski definition) is 1. The quantitative estimate of drug-likeness (QED) is 0.436. The first kappa shape index (κ1) is 25.7. The highest BCUT2D eigenvalue weighted by Crippen LogP contribution is 2.32. The van der Waals surface area contributed by atoms with Gasteiger partial charge in [0.25, 0.3) is 0 Å². The van der Waals surface area contributed by atoms with Crippen molar-refractivity contribution in [2.24, 2.45) is 0 Å². The van der Waals surface area contributed by atoms with Gasteiger partial charge in [0.15, 0.2) is 5.15 Å². The highest BCUT2D eigenvalue weighted by Gasteiger charge is 2.35. The van der Waals surface area contributed by atoms with Crippen molar-refractivity contribution in [3.05, 3.63) is 81.9 Å². The van der Waals surface area contributed by atoms with Gasteiger partial charge < -0.3 is 9.88 Å². The summed E-state index contributed by atoms with van der Waals surface area (Å²) >= 11 is 12.2. The normalized spacial score (nSPS) is 14.6. The number of carbonyl (C=O) groups is 2. The van der Waals surface area contributed by atoms with E-state index in [1.807, 2.05) is 31.2 Å². The second-order valence-corrected chi connectivity index (χ2v) is 9.70. The van der Waals surface area contributed by atoms with E-state index in [0.717, 1.165) is 37.7 Å². The zero-order valence-electron chi connectivity index (χ0n) is 20.0. The van der Waals surface area contributed by atoms with Crippen LogP contribution in [0.1, 0.15) is 54.8 Å². The van der Waals surface area contributed by atoms with E-state index >= 15 is 0 Å². The first-order valence-electron chi connectivity index (χ1n) is 11.9. The number of nitrogens with zero attached hydrogens (tertiary/aromatic N) is 4. The van der Waals surface area contributed by atoms with Crippen molar-refractivity contribution in [3.63, 3.8) is 0 Å². The number of aryl methyl sites for hydroxylation is 1. The summed E-state index contributed by atoms with van der Waals surface area (Å²) in [6.07, 6.45) is 6.49. The molecule has 0 radical (unpaired) electrons. The Balaban J connectivity index is 1.80. The molecule has 36 heavy (non-hydrogen) atoms. The number of hydrogen-bond acceptors (Lipinski definition) is 4. The maximum Gasteiger partial charge on any atom is 0.248 e. The van der Waals surface area contributed by atoms with Crippen LogP contribution in [0.4, 0.5) is 5.69 Å². The van der Waals surface area contributed by atoms with Gasteiger partial charge in [-0.05, 0) is 49.1 Å². The summed E-state index contributed by atoms with van der Waals surface area (Å²) in [6, 6.07) is 15.4.